The van der Waals surface area contributed by atoms with Crippen molar-refractivity contribution in [2.45, 2.75) is 51.2 Å². The van der Waals surface area contributed by atoms with E-state index in [1.165, 1.54) is 25.7 Å². The van der Waals surface area contributed by atoms with E-state index in [2.05, 4.69) is 12.2 Å². The van der Waals surface area contributed by atoms with Crippen LogP contribution in [0.4, 0.5) is 0 Å². The summed E-state index contributed by atoms with van der Waals surface area (Å²) >= 11 is 0. The molecule has 1 aliphatic carbocycles. The standard InChI is InChI=1S/C12H25NO2/c1-11(15-9-5-8-14-2)10-13-12-6-3-4-7-12/h11-13H,3-10H2,1-2H3. The minimum atomic E-state index is 0.322. The summed E-state index contributed by atoms with van der Waals surface area (Å²) in [4.78, 5) is 0. The number of ether oxygens (including phenoxy) is 2. The van der Waals surface area contributed by atoms with Crippen LogP contribution in [-0.4, -0.2) is 39.0 Å². The summed E-state index contributed by atoms with van der Waals surface area (Å²) in [5, 5.41) is 3.57. The predicted octanol–water partition coefficient (Wildman–Crippen LogP) is 1.96. The first-order chi connectivity index (χ1) is 7.33. The number of methoxy groups -OCH3 is 1. The van der Waals surface area contributed by atoms with E-state index in [-0.39, 0.29) is 0 Å². The van der Waals surface area contributed by atoms with Crippen molar-refractivity contribution in [3.63, 3.8) is 0 Å². The van der Waals surface area contributed by atoms with Gasteiger partial charge in [-0.1, -0.05) is 12.8 Å². The summed E-state index contributed by atoms with van der Waals surface area (Å²) in [6.07, 6.45) is 6.78. The molecule has 0 saturated heterocycles. The molecule has 0 aliphatic heterocycles. The maximum absolute atomic E-state index is 5.66. The largest absolute Gasteiger partial charge is 0.385 e. The van der Waals surface area contributed by atoms with Crippen molar-refractivity contribution in [1.29, 1.82) is 0 Å². The van der Waals surface area contributed by atoms with Gasteiger partial charge in [-0.15, -0.1) is 0 Å². The third-order valence-electron chi connectivity index (χ3n) is 2.94. The van der Waals surface area contributed by atoms with Crippen LogP contribution in [0.2, 0.25) is 0 Å². The molecule has 3 heteroatoms. The van der Waals surface area contributed by atoms with Crippen molar-refractivity contribution < 1.29 is 9.47 Å². The van der Waals surface area contributed by atoms with Gasteiger partial charge in [0.25, 0.3) is 0 Å². The Balaban J connectivity index is 1.90. The quantitative estimate of drug-likeness (QED) is 0.628. The van der Waals surface area contributed by atoms with Gasteiger partial charge >= 0.3 is 0 Å². The molecule has 15 heavy (non-hydrogen) atoms. The third-order valence-corrected chi connectivity index (χ3v) is 2.94. The van der Waals surface area contributed by atoms with Crippen LogP contribution < -0.4 is 5.32 Å². The number of nitrogens with one attached hydrogen (secondary N) is 1. The fourth-order valence-electron chi connectivity index (χ4n) is 2.01. The highest BCUT2D eigenvalue weighted by Gasteiger charge is 2.14. The average molecular weight is 215 g/mol. The summed E-state index contributed by atoms with van der Waals surface area (Å²) in [7, 11) is 1.73. The van der Waals surface area contributed by atoms with Crippen LogP contribution in [0.15, 0.2) is 0 Å². The normalized spacial score (nSPS) is 19.6. The maximum Gasteiger partial charge on any atom is 0.0671 e. The van der Waals surface area contributed by atoms with Crippen LogP contribution in [0, 0.1) is 0 Å². The molecule has 0 spiro atoms. The second-order valence-electron chi connectivity index (χ2n) is 4.42. The van der Waals surface area contributed by atoms with Gasteiger partial charge in [-0.05, 0) is 26.2 Å². The molecule has 0 aromatic carbocycles. The lowest BCUT2D eigenvalue weighted by molar-refractivity contribution is 0.0490. The Bertz CT molecular complexity index is 147. The monoisotopic (exact) mass is 215 g/mol. The molecular formula is C12H25NO2. The molecule has 3 nitrogen and oxygen atoms in total. The van der Waals surface area contributed by atoms with E-state index in [9.17, 15) is 0 Å². The minimum absolute atomic E-state index is 0.322. The second kappa shape index (κ2) is 8.08. The number of rotatable bonds is 8. The van der Waals surface area contributed by atoms with E-state index in [1.54, 1.807) is 7.11 Å². The summed E-state index contributed by atoms with van der Waals surface area (Å²) < 4.78 is 10.6. The van der Waals surface area contributed by atoms with Crippen molar-refractivity contribution in [3.8, 4) is 0 Å². The highest BCUT2D eigenvalue weighted by atomic mass is 16.5. The molecule has 0 bridgehead atoms. The topological polar surface area (TPSA) is 30.5 Å². The van der Waals surface area contributed by atoms with Crippen molar-refractivity contribution in [2.75, 3.05) is 26.9 Å². The van der Waals surface area contributed by atoms with Gasteiger partial charge < -0.3 is 14.8 Å². The smallest absolute Gasteiger partial charge is 0.0671 e. The van der Waals surface area contributed by atoms with E-state index in [4.69, 9.17) is 9.47 Å². The van der Waals surface area contributed by atoms with Crippen LogP contribution in [0.3, 0.4) is 0 Å². The lowest BCUT2D eigenvalue weighted by Gasteiger charge is -2.17. The fraction of sp³-hybridized carbons (Fsp3) is 1.00. The van der Waals surface area contributed by atoms with E-state index in [0.29, 0.717) is 6.10 Å². The molecule has 0 aromatic rings. The van der Waals surface area contributed by atoms with Crippen molar-refractivity contribution in [1.82, 2.24) is 5.32 Å². The molecule has 1 saturated carbocycles. The number of hydrogen-bond donors (Lipinski definition) is 1. The Morgan fingerprint density at radius 2 is 2.00 bits per heavy atom. The van der Waals surface area contributed by atoms with Crippen LogP contribution in [0.25, 0.3) is 0 Å². The molecule has 1 aliphatic rings. The molecule has 0 heterocycles. The molecule has 0 amide bonds. The van der Waals surface area contributed by atoms with Crippen LogP contribution >= 0.6 is 0 Å². The van der Waals surface area contributed by atoms with Crippen LogP contribution in [0.1, 0.15) is 39.0 Å². The Kier molecular flexibility index (Phi) is 6.98. The highest BCUT2D eigenvalue weighted by Crippen LogP contribution is 2.17. The molecule has 90 valence electrons. The molecular weight excluding hydrogens is 190 g/mol. The fourth-order valence-corrected chi connectivity index (χ4v) is 2.01. The Morgan fingerprint density at radius 3 is 2.67 bits per heavy atom. The van der Waals surface area contributed by atoms with E-state index in [0.717, 1.165) is 32.2 Å². The summed E-state index contributed by atoms with van der Waals surface area (Å²) in [5.74, 6) is 0. The van der Waals surface area contributed by atoms with Crippen molar-refractivity contribution in [2.24, 2.45) is 0 Å². The Hall–Kier alpha value is -0.120. The predicted molar refractivity (Wildman–Crippen MR) is 62.2 cm³/mol. The number of hydrogen-bond acceptors (Lipinski definition) is 3. The molecule has 0 radical (unpaired) electrons. The zero-order chi connectivity index (χ0) is 10.9. The van der Waals surface area contributed by atoms with Gasteiger partial charge in [0.15, 0.2) is 0 Å². The van der Waals surface area contributed by atoms with Gasteiger partial charge in [0.05, 0.1) is 6.10 Å². The van der Waals surface area contributed by atoms with E-state index in [1.807, 2.05) is 0 Å². The maximum atomic E-state index is 5.66. The van der Waals surface area contributed by atoms with E-state index < -0.39 is 0 Å². The van der Waals surface area contributed by atoms with Gasteiger partial charge in [0.2, 0.25) is 0 Å². The first kappa shape index (κ1) is 12.9. The summed E-state index contributed by atoms with van der Waals surface area (Å²) in [6.45, 7) is 4.72. The van der Waals surface area contributed by atoms with Gasteiger partial charge in [-0.25, -0.2) is 0 Å². The lowest BCUT2D eigenvalue weighted by Crippen LogP contribution is -2.34. The molecule has 1 N–H and O–H groups in total. The Morgan fingerprint density at radius 1 is 1.27 bits per heavy atom. The third kappa shape index (κ3) is 6.13. The molecule has 1 rings (SSSR count). The zero-order valence-corrected chi connectivity index (χ0v) is 10.1. The SMILES string of the molecule is COCCCOC(C)CNC1CCCC1. The van der Waals surface area contributed by atoms with Crippen LogP contribution in [-0.2, 0) is 9.47 Å². The average Bonchev–Trinajstić information content (AvgIpc) is 2.74. The van der Waals surface area contributed by atoms with Gasteiger partial charge in [-0.3, -0.25) is 0 Å². The van der Waals surface area contributed by atoms with Crippen LogP contribution in [0.5, 0.6) is 0 Å². The first-order valence-electron chi connectivity index (χ1n) is 6.17. The molecule has 1 fully saturated rings. The lowest BCUT2D eigenvalue weighted by atomic mass is 10.2. The van der Waals surface area contributed by atoms with Gasteiger partial charge in [0, 0.05) is 32.9 Å². The van der Waals surface area contributed by atoms with Crippen molar-refractivity contribution in [3.05, 3.63) is 0 Å². The Labute approximate surface area is 93.5 Å². The molecule has 1 unspecified atom stereocenters. The molecule has 1 atom stereocenters. The highest BCUT2D eigenvalue weighted by molar-refractivity contribution is 4.74. The minimum Gasteiger partial charge on any atom is -0.385 e. The molecule has 0 aromatic heterocycles. The zero-order valence-electron chi connectivity index (χ0n) is 10.1. The summed E-state index contributed by atoms with van der Waals surface area (Å²) in [5.41, 5.74) is 0. The first-order valence-corrected chi connectivity index (χ1v) is 6.17. The van der Waals surface area contributed by atoms with Crippen molar-refractivity contribution >= 4 is 0 Å². The van der Waals surface area contributed by atoms with Gasteiger partial charge in [-0.2, -0.15) is 0 Å². The van der Waals surface area contributed by atoms with Gasteiger partial charge in [0.1, 0.15) is 0 Å². The second-order valence-corrected chi connectivity index (χ2v) is 4.42. The summed E-state index contributed by atoms with van der Waals surface area (Å²) in [6, 6.07) is 0.745. The van der Waals surface area contributed by atoms with E-state index >= 15 is 0 Å².